The van der Waals surface area contributed by atoms with Gasteiger partial charge in [0, 0.05) is 6.20 Å². The van der Waals surface area contributed by atoms with Crippen LogP contribution in [0.2, 0.25) is 0 Å². The Labute approximate surface area is 100 Å². The van der Waals surface area contributed by atoms with Gasteiger partial charge in [-0.3, -0.25) is 0 Å². The SMILES string of the molecule is CS(=O)(=O)n1ccc2c1C=C1C(C#N)CC1C2. The second-order valence-corrected chi connectivity index (χ2v) is 6.61. The largest absolute Gasteiger partial charge is 0.246 e. The summed E-state index contributed by atoms with van der Waals surface area (Å²) in [5, 5.41) is 8.94. The Hall–Kier alpha value is -1.54. The summed E-state index contributed by atoms with van der Waals surface area (Å²) in [6, 6.07) is 4.12. The molecule has 1 aromatic rings. The molecule has 0 radical (unpaired) electrons. The van der Waals surface area contributed by atoms with E-state index in [4.69, 9.17) is 5.26 Å². The quantitative estimate of drug-likeness (QED) is 0.754. The van der Waals surface area contributed by atoms with Crippen LogP contribution in [-0.2, 0) is 16.4 Å². The van der Waals surface area contributed by atoms with E-state index < -0.39 is 10.0 Å². The molecule has 2 aliphatic carbocycles. The highest BCUT2D eigenvalue weighted by Gasteiger charge is 2.38. The van der Waals surface area contributed by atoms with Crippen LogP contribution in [-0.4, -0.2) is 18.6 Å². The maximum atomic E-state index is 11.6. The third kappa shape index (κ3) is 1.44. The monoisotopic (exact) mass is 248 g/mol. The minimum atomic E-state index is -3.25. The molecular weight excluding hydrogens is 236 g/mol. The Morgan fingerprint density at radius 3 is 2.94 bits per heavy atom. The van der Waals surface area contributed by atoms with E-state index >= 15 is 0 Å². The predicted octanol–water partition coefficient (Wildman–Crippen LogP) is 1.39. The minimum Gasteiger partial charge on any atom is -0.246 e. The first kappa shape index (κ1) is 10.6. The lowest BCUT2D eigenvalue weighted by molar-refractivity contribution is 0.370. The number of aromatic nitrogens is 1. The molecule has 2 atom stereocenters. The predicted molar refractivity (Wildman–Crippen MR) is 63.6 cm³/mol. The zero-order valence-corrected chi connectivity index (χ0v) is 10.2. The highest BCUT2D eigenvalue weighted by molar-refractivity contribution is 7.89. The zero-order valence-electron chi connectivity index (χ0n) is 9.42. The van der Waals surface area contributed by atoms with Gasteiger partial charge in [0.2, 0.25) is 10.0 Å². The van der Waals surface area contributed by atoms with Gasteiger partial charge in [-0.15, -0.1) is 0 Å². The third-order valence-electron chi connectivity index (χ3n) is 3.65. The van der Waals surface area contributed by atoms with Gasteiger partial charge in [0.15, 0.2) is 0 Å². The van der Waals surface area contributed by atoms with Gasteiger partial charge in [0.05, 0.1) is 23.9 Å². The van der Waals surface area contributed by atoms with Crippen LogP contribution in [0.3, 0.4) is 0 Å². The number of hydrogen-bond acceptors (Lipinski definition) is 3. The molecule has 0 aromatic carbocycles. The lowest BCUT2D eigenvalue weighted by Gasteiger charge is -2.37. The van der Waals surface area contributed by atoms with Gasteiger partial charge in [-0.05, 0) is 42.0 Å². The van der Waals surface area contributed by atoms with Crippen molar-refractivity contribution in [2.24, 2.45) is 11.8 Å². The molecule has 3 rings (SSSR count). The van der Waals surface area contributed by atoms with Crippen molar-refractivity contribution in [2.75, 3.05) is 6.26 Å². The summed E-state index contributed by atoms with van der Waals surface area (Å²) >= 11 is 0. The van der Waals surface area contributed by atoms with Crippen LogP contribution in [0, 0.1) is 23.2 Å². The lowest BCUT2D eigenvalue weighted by atomic mass is 9.65. The molecule has 0 N–H and O–H groups in total. The second kappa shape index (κ2) is 3.23. The van der Waals surface area contributed by atoms with Gasteiger partial charge < -0.3 is 0 Å². The minimum absolute atomic E-state index is 0.0175. The number of rotatable bonds is 1. The first-order chi connectivity index (χ1) is 8.00. The molecular formula is C12H12N2O2S. The molecule has 1 saturated carbocycles. The van der Waals surface area contributed by atoms with E-state index in [1.54, 1.807) is 6.20 Å². The summed E-state index contributed by atoms with van der Waals surface area (Å²) in [7, 11) is -3.25. The molecule has 4 nitrogen and oxygen atoms in total. The van der Waals surface area contributed by atoms with Crippen molar-refractivity contribution in [1.82, 2.24) is 3.97 Å². The van der Waals surface area contributed by atoms with Crippen molar-refractivity contribution >= 4 is 16.1 Å². The molecule has 5 heteroatoms. The Morgan fingerprint density at radius 1 is 1.53 bits per heavy atom. The summed E-state index contributed by atoms with van der Waals surface area (Å²) < 4.78 is 24.5. The molecule has 2 unspecified atom stereocenters. The molecule has 17 heavy (non-hydrogen) atoms. The molecule has 1 aromatic heterocycles. The fraction of sp³-hybridized carbons (Fsp3) is 0.417. The molecule has 0 spiro atoms. The first-order valence-electron chi connectivity index (χ1n) is 5.52. The van der Waals surface area contributed by atoms with E-state index in [0.29, 0.717) is 5.92 Å². The van der Waals surface area contributed by atoms with Gasteiger partial charge >= 0.3 is 0 Å². The summed E-state index contributed by atoms with van der Waals surface area (Å²) in [5.41, 5.74) is 2.91. The fourth-order valence-electron chi connectivity index (χ4n) is 2.73. The van der Waals surface area contributed by atoms with Gasteiger partial charge in [-0.25, -0.2) is 12.4 Å². The Bertz CT molecular complexity index is 661. The smallest absolute Gasteiger partial charge is 0.236 e. The van der Waals surface area contributed by atoms with Gasteiger partial charge in [-0.1, -0.05) is 0 Å². The maximum Gasteiger partial charge on any atom is 0.236 e. The highest BCUT2D eigenvalue weighted by atomic mass is 32.2. The van der Waals surface area contributed by atoms with E-state index in [-0.39, 0.29) is 5.92 Å². The molecule has 1 heterocycles. The molecule has 88 valence electrons. The first-order valence-corrected chi connectivity index (χ1v) is 7.37. The lowest BCUT2D eigenvalue weighted by Crippen LogP contribution is -2.31. The number of nitriles is 1. The summed E-state index contributed by atoms with van der Waals surface area (Å²) in [6.45, 7) is 0. The van der Waals surface area contributed by atoms with Crippen LogP contribution < -0.4 is 0 Å². The van der Waals surface area contributed by atoms with Crippen molar-refractivity contribution in [1.29, 1.82) is 5.26 Å². The van der Waals surface area contributed by atoms with Gasteiger partial charge in [-0.2, -0.15) is 5.26 Å². The van der Waals surface area contributed by atoms with Crippen molar-refractivity contribution in [3.63, 3.8) is 0 Å². The third-order valence-corrected chi connectivity index (χ3v) is 4.69. The average Bonchev–Trinajstić information content (AvgIpc) is 2.63. The van der Waals surface area contributed by atoms with Crippen LogP contribution in [0.4, 0.5) is 0 Å². The molecule has 2 aliphatic rings. The molecule has 0 amide bonds. The summed E-state index contributed by atoms with van der Waals surface area (Å²) in [6.07, 6.45) is 6.46. The summed E-state index contributed by atoms with van der Waals surface area (Å²) in [4.78, 5) is 0. The van der Waals surface area contributed by atoms with Crippen LogP contribution in [0.15, 0.2) is 17.8 Å². The van der Waals surface area contributed by atoms with Crippen molar-refractivity contribution < 1.29 is 8.42 Å². The van der Waals surface area contributed by atoms with Crippen LogP contribution in [0.1, 0.15) is 17.7 Å². The van der Waals surface area contributed by atoms with Crippen molar-refractivity contribution in [3.8, 4) is 6.07 Å². The Morgan fingerprint density at radius 2 is 2.29 bits per heavy atom. The van der Waals surface area contributed by atoms with Crippen LogP contribution >= 0.6 is 0 Å². The van der Waals surface area contributed by atoms with Gasteiger partial charge in [0.25, 0.3) is 0 Å². The van der Waals surface area contributed by atoms with Crippen molar-refractivity contribution in [2.45, 2.75) is 12.8 Å². The molecule has 0 bridgehead atoms. The van der Waals surface area contributed by atoms with Crippen molar-refractivity contribution in [3.05, 3.63) is 29.1 Å². The van der Waals surface area contributed by atoms with Crippen LogP contribution in [0.25, 0.3) is 6.08 Å². The number of fused-ring (bicyclic) bond motifs is 2. The van der Waals surface area contributed by atoms with E-state index in [0.717, 1.165) is 29.7 Å². The molecule has 1 fully saturated rings. The van der Waals surface area contributed by atoms with Crippen LogP contribution in [0.5, 0.6) is 0 Å². The number of nitrogens with zero attached hydrogens (tertiary/aromatic N) is 2. The standard InChI is InChI=1S/C12H12N2O2S/c1-17(15,16)14-3-2-8-4-9-5-10(7-13)11(9)6-12(8)14/h2-3,6,9-10H,4-5H2,1H3. The Balaban J connectivity index is 2.13. The fourth-order valence-corrected chi connectivity index (χ4v) is 3.54. The number of hydrogen-bond donors (Lipinski definition) is 0. The Kier molecular flexibility index (Phi) is 2.02. The van der Waals surface area contributed by atoms with E-state index in [1.165, 1.54) is 10.2 Å². The zero-order chi connectivity index (χ0) is 12.2. The average molecular weight is 248 g/mol. The molecule has 0 aliphatic heterocycles. The van der Waals surface area contributed by atoms with E-state index in [9.17, 15) is 8.42 Å². The normalized spacial score (nSPS) is 26.2. The second-order valence-electron chi connectivity index (χ2n) is 4.75. The summed E-state index contributed by atoms with van der Waals surface area (Å²) in [5.74, 6) is 0.429. The van der Waals surface area contributed by atoms with E-state index in [2.05, 4.69) is 6.07 Å². The number of allylic oxidation sites excluding steroid dienone is 1. The highest BCUT2D eigenvalue weighted by Crippen LogP contribution is 2.46. The topological polar surface area (TPSA) is 62.9 Å². The van der Waals surface area contributed by atoms with Gasteiger partial charge in [0.1, 0.15) is 0 Å². The maximum absolute atomic E-state index is 11.6. The van der Waals surface area contributed by atoms with E-state index in [1.807, 2.05) is 12.1 Å². The molecule has 0 saturated heterocycles.